The summed E-state index contributed by atoms with van der Waals surface area (Å²) in [5.41, 5.74) is 2.35. The van der Waals surface area contributed by atoms with Gasteiger partial charge in [-0.15, -0.1) is 0 Å². The lowest BCUT2D eigenvalue weighted by Crippen LogP contribution is -2.15. The summed E-state index contributed by atoms with van der Waals surface area (Å²) in [5.74, 6) is 1.000. The molecule has 5 nitrogen and oxygen atoms in total. The quantitative estimate of drug-likeness (QED) is 0.179. The summed E-state index contributed by atoms with van der Waals surface area (Å²) in [6.45, 7) is 12.9. The van der Waals surface area contributed by atoms with Crippen molar-refractivity contribution in [3.05, 3.63) is 64.1 Å². The molecule has 0 spiro atoms. The van der Waals surface area contributed by atoms with E-state index in [-0.39, 0.29) is 11.9 Å². The first kappa shape index (κ1) is 26.3. The van der Waals surface area contributed by atoms with Crippen molar-refractivity contribution >= 4 is 11.0 Å². The molecule has 0 bridgehead atoms. The molecule has 0 saturated heterocycles. The van der Waals surface area contributed by atoms with E-state index in [0.29, 0.717) is 35.7 Å². The number of rotatable bonds is 13. The van der Waals surface area contributed by atoms with Crippen molar-refractivity contribution in [1.82, 2.24) is 0 Å². The Morgan fingerprint density at radius 3 is 2.52 bits per heavy atom. The maximum absolute atomic E-state index is 12.8. The number of hydrogen-bond acceptors (Lipinski definition) is 5. The number of allylic oxidation sites excluding steroid dienone is 4. The van der Waals surface area contributed by atoms with Crippen LogP contribution in [0, 0.1) is 0 Å². The van der Waals surface area contributed by atoms with Crippen LogP contribution >= 0.6 is 0 Å². The molecule has 1 heterocycles. The number of para-hydroxylation sites is 1. The van der Waals surface area contributed by atoms with Gasteiger partial charge in [0.15, 0.2) is 17.1 Å². The van der Waals surface area contributed by atoms with Gasteiger partial charge in [-0.05, 0) is 78.5 Å². The Bertz CT molecular complexity index is 1040. The van der Waals surface area contributed by atoms with Gasteiger partial charge in [-0.25, -0.2) is 4.79 Å². The molecule has 0 N–H and O–H groups in total. The minimum Gasteiger partial charge on any atom is -0.489 e. The van der Waals surface area contributed by atoms with Crippen LogP contribution < -0.4 is 19.8 Å². The lowest BCUT2D eigenvalue weighted by molar-refractivity contribution is 0.216. The van der Waals surface area contributed by atoms with Gasteiger partial charge in [0, 0.05) is 0 Å². The lowest BCUT2D eigenvalue weighted by atomic mass is 10.1. The second-order valence-electron chi connectivity index (χ2n) is 8.55. The van der Waals surface area contributed by atoms with Crippen LogP contribution in [0.1, 0.15) is 67.2 Å². The van der Waals surface area contributed by atoms with Crippen LogP contribution in [0.3, 0.4) is 0 Å². The highest BCUT2D eigenvalue weighted by Crippen LogP contribution is 2.37. The summed E-state index contributed by atoms with van der Waals surface area (Å²) in [7, 11) is 0. The molecule has 0 amide bonds. The first-order valence-corrected chi connectivity index (χ1v) is 11.8. The molecule has 0 saturated carbocycles. The summed E-state index contributed by atoms with van der Waals surface area (Å²) in [6, 6.07) is 5.52. The molecule has 0 atom stereocenters. The van der Waals surface area contributed by atoms with Crippen molar-refractivity contribution in [3.63, 3.8) is 0 Å². The second kappa shape index (κ2) is 13.6. The van der Waals surface area contributed by atoms with Gasteiger partial charge in [0.05, 0.1) is 18.1 Å². The van der Waals surface area contributed by atoms with Gasteiger partial charge in [0.1, 0.15) is 6.61 Å². The number of hydrogen-bond donors (Lipinski definition) is 0. The third-order valence-electron chi connectivity index (χ3n) is 4.86. The third kappa shape index (κ3) is 8.49. The molecule has 1 aromatic heterocycles. The van der Waals surface area contributed by atoms with Gasteiger partial charge in [0.25, 0.3) is 0 Å². The van der Waals surface area contributed by atoms with E-state index in [9.17, 15) is 4.79 Å². The van der Waals surface area contributed by atoms with E-state index in [1.807, 2.05) is 32.1 Å². The highest BCUT2D eigenvalue weighted by Gasteiger charge is 2.21. The first-order valence-electron chi connectivity index (χ1n) is 11.8. The molecule has 0 unspecified atom stereocenters. The van der Waals surface area contributed by atoms with E-state index in [2.05, 4.69) is 45.9 Å². The average molecular weight is 455 g/mol. The van der Waals surface area contributed by atoms with Crippen LogP contribution in [0.25, 0.3) is 11.0 Å². The van der Waals surface area contributed by atoms with E-state index >= 15 is 0 Å². The SMILES string of the molecule is CC/C=C/CCOc1cccc2c(OC/C=C(\C)CCC=C(C)C)c(OC(C)C)c(=O)oc12. The number of ether oxygens (including phenoxy) is 3. The molecule has 1 aromatic carbocycles. The topological polar surface area (TPSA) is 57.9 Å². The maximum atomic E-state index is 12.8. The van der Waals surface area contributed by atoms with Gasteiger partial charge in [-0.2, -0.15) is 0 Å². The smallest absolute Gasteiger partial charge is 0.383 e. The van der Waals surface area contributed by atoms with Crippen LogP contribution in [0.4, 0.5) is 0 Å². The Hall–Kier alpha value is -2.95. The Kier molecular flexibility index (Phi) is 10.8. The van der Waals surface area contributed by atoms with E-state index in [4.69, 9.17) is 18.6 Å². The Balaban J connectivity index is 2.32. The number of benzene rings is 1. The molecule has 0 fully saturated rings. The molecule has 0 aliphatic heterocycles. The molecule has 33 heavy (non-hydrogen) atoms. The monoisotopic (exact) mass is 454 g/mol. The highest BCUT2D eigenvalue weighted by molar-refractivity contribution is 5.89. The van der Waals surface area contributed by atoms with E-state index in [1.54, 1.807) is 6.07 Å². The van der Waals surface area contributed by atoms with Crippen molar-refractivity contribution < 1.29 is 18.6 Å². The van der Waals surface area contributed by atoms with Crippen molar-refractivity contribution in [2.75, 3.05) is 13.2 Å². The summed E-state index contributed by atoms with van der Waals surface area (Å²) in [4.78, 5) is 12.8. The van der Waals surface area contributed by atoms with E-state index < -0.39 is 5.63 Å². The third-order valence-corrected chi connectivity index (χ3v) is 4.86. The van der Waals surface area contributed by atoms with E-state index in [1.165, 1.54) is 11.1 Å². The molecular formula is C28H38O5. The summed E-state index contributed by atoms with van der Waals surface area (Å²) in [5, 5.41) is 0.655. The normalized spacial score (nSPS) is 11.9. The van der Waals surface area contributed by atoms with E-state index in [0.717, 1.165) is 25.7 Å². The Morgan fingerprint density at radius 2 is 1.82 bits per heavy atom. The molecular weight excluding hydrogens is 416 g/mol. The van der Waals surface area contributed by atoms with Crippen molar-refractivity contribution in [2.45, 2.75) is 73.3 Å². The zero-order valence-electron chi connectivity index (χ0n) is 20.9. The molecule has 2 rings (SSSR count). The summed E-state index contributed by atoms with van der Waals surface area (Å²) in [6.07, 6.45) is 12.0. The highest BCUT2D eigenvalue weighted by atomic mass is 16.5. The lowest BCUT2D eigenvalue weighted by Gasteiger charge is -2.16. The van der Waals surface area contributed by atoms with Gasteiger partial charge >= 0.3 is 5.63 Å². The van der Waals surface area contributed by atoms with Crippen molar-refractivity contribution in [1.29, 1.82) is 0 Å². The van der Waals surface area contributed by atoms with Crippen LogP contribution in [0.15, 0.2) is 62.9 Å². The summed E-state index contributed by atoms with van der Waals surface area (Å²) < 4.78 is 23.4. The van der Waals surface area contributed by atoms with Gasteiger partial charge in [-0.3, -0.25) is 0 Å². The zero-order chi connectivity index (χ0) is 24.2. The minimum absolute atomic E-state index is 0.0936. The molecule has 0 radical (unpaired) electrons. The molecule has 2 aromatic rings. The fourth-order valence-corrected chi connectivity index (χ4v) is 3.23. The Morgan fingerprint density at radius 1 is 1.03 bits per heavy atom. The molecule has 0 aliphatic rings. The van der Waals surface area contributed by atoms with Crippen molar-refractivity contribution in [3.8, 4) is 17.2 Å². The fraction of sp³-hybridized carbons (Fsp3) is 0.464. The molecule has 5 heteroatoms. The largest absolute Gasteiger partial charge is 0.489 e. The first-order chi connectivity index (χ1) is 15.8. The van der Waals surface area contributed by atoms with Gasteiger partial charge in [0.2, 0.25) is 5.75 Å². The minimum atomic E-state index is -0.572. The van der Waals surface area contributed by atoms with Crippen LogP contribution in [0.5, 0.6) is 17.2 Å². The average Bonchev–Trinajstić information content (AvgIpc) is 2.75. The molecule has 0 aliphatic carbocycles. The fourth-order valence-electron chi connectivity index (χ4n) is 3.23. The van der Waals surface area contributed by atoms with Crippen LogP contribution in [0.2, 0.25) is 0 Å². The maximum Gasteiger partial charge on any atom is 0.383 e. The van der Waals surface area contributed by atoms with Crippen LogP contribution in [-0.2, 0) is 0 Å². The second-order valence-corrected chi connectivity index (χ2v) is 8.55. The zero-order valence-corrected chi connectivity index (χ0v) is 20.9. The predicted molar refractivity (Wildman–Crippen MR) is 136 cm³/mol. The van der Waals surface area contributed by atoms with Gasteiger partial charge in [-0.1, -0.05) is 42.4 Å². The number of fused-ring (bicyclic) bond motifs is 1. The predicted octanol–water partition coefficient (Wildman–Crippen LogP) is 7.39. The van der Waals surface area contributed by atoms with Crippen LogP contribution in [-0.4, -0.2) is 19.3 Å². The van der Waals surface area contributed by atoms with Crippen molar-refractivity contribution in [2.24, 2.45) is 0 Å². The Labute approximate surface area is 197 Å². The summed E-state index contributed by atoms with van der Waals surface area (Å²) >= 11 is 0. The molecule has 180 valence electrons. The van der Waals surface area contributed by atoms with Gasteiger partial charge < -0.3 is 18.6 Å². The standard InChI is InChI=1S/C28H38O5/c1-7-8-9-10-18-30-24-16-12-15-23-25(24)33-28(29)27(32-21(4)5)26(23)31-19-17-22(6)14-11-13-20(2)3/h8-9,12-13,15-17,21H,7,10-11,14,18-19H2,1-6H3/b9-8+,22-17+.